The summed E-state index contributed by atoms with van der Waals surface area (Å²) in [5, 5.41) is 3.79. The van der Waals surface area contributed by atoms with E-state index in [1.807, 2.05) is 0 Å². The molecule has 0 bridgehead atoms. The molecule has 1 saturated heterocycles. The summed E-state index contributed by atoms with van der Waals surface area (Å²) in [5.41, 5.74) is 0.497. The minimum Gasteiger partial charge on any atom is -0.379 e. The Labute approximate surface area is 112 Å². The number of ether oxygens (including phenoxy) is 1. The maximum atomic E-state index is 5.37. The predicted molar refractivity (Wildman–Crippen MR) is 75.9 cm³/mol. The molecule has 18 heavy (non-hydrogen) atoms. The van der Waals surface area contributed by atoms with Gasteiger partial charge < -0.3 is 10.1 Å². The molecule has 3 heteroatoms. The van der Waals surface area contributed by atoms with Crippen molar-refractivity contribution in [2.24, 2.45) is 5.41 Å². The molecule has 1 atom stereocenters. The van der Waals surface area contributed by atoms with Gasteiger partial charge in [-0.3, -0.25) is 4.90 Å². The quantitative estimate of drug-likeness (QED) is 0.762. The van der Waals surface area contributed by atoms with E-state index >= 15 is 0 Å². The van der Waals surface area contributed by atoms with Gasteiger partial charge in [-0.1, -0.05) is 26.7 Å². The van der Waals surface area contributed by atoms with Crippen LogP contribution in [0.4, 0.5) is 0 Å². The van der Waals surface area contributed by atoms with Crippen LogP contribution in [0.1, 0.15) is 46.0 Å². The molecule has 106 valence electrons. The highest BCUT2D eigenvalue weighted by Gasteiger charge is 2.31. The van der Waals surface area contributed by atoms with Crippen molar-refractivity contribution in [3.8, 4) is 0 Å². The highest BCUT2D eigenvalue weighted by Crippen LogP contribution is 2.35. The Hall–Kier alpha value is -0.120. The fourth-order valence-corrected chi connectivity index (χ4v) is 3.28. The smallest absolute Gasteiger partial charge is 0.0594 e. The Kier molecular flexibility index (Phi) is 5.46. The summed E-state index contributed by atoms with van der Waals surface area (Å²) in [6.07, 6.45) is 6.84. The average Bonchev–Trinajstić information content (AvgIpc) is 2.37. The van der Waals surface area contributed by atoms with Crippen LogP contribution < -0.4 is 5.32 Å². The van der Waals surface area contributed by atoms with Gasteiger partial charge in [-0.05, 0) is 37.8 Å². The van der Waals surface area contributed by atoms with Gasteiger partial charge in [-0.25, -0.2) is 0 Å². The monoisotopic (exact) mass is 254 g/mol. The van der Waals surface area contributed by atoms with Crippen molar-refractivity contribution < 1.29 is 4.74 Å². The lowest BCUT2D eigenvalue weighted by Crippen LogP contribution is -2.45. The fourth-order valence-electron chi connectivity index (χ4n) is 3.28. The van der Waals surface area contributed by atoms with E-state index in [1.165, 1.54) is 45.2 Å². The van der Waals surface area contributed by atoms with E-state index in [1.54, 1.807) is 0 Å². The number of morpholine rings is 1. The highest BCUT2D eigenvalue weighted by molar-refractivity contribution is 4.87. The van der Waals surface area contributed by atoms with Gasteiger partial charge in [0, 0.05) is 19.1 Å². The molecule has 0 amide bonds. The Balaban J connectivity index is 1.59. The summed E-state index contributed by atoms with van der Waals surface area (Å²) < 4.78 is 5.37. The van der Waals surface area contributed by atoms with Gasteiger partial charge in [0.25, 0.3) is 0 Å². The van der Waals surface area contributed by atoms with Gasteiger partial charge in [0.05, 0.1) is 13.2 Å². The molecule has 1 aliphatic heterocycles. The standard InChI is InChI=1S/C15H30N2O/c1-15(2)7-4-3-6-14(15)16-8-5-9-17-10-12-18-13-11-17/h14,16H,3-13H2,1-2H3. The van der Waals surface area contributed by atoms with Crippen LogP contribution in [-0.4, -0.2) is 50.3 Å². The Morgan fingerprint density at radius 1 is 1.22 bits per heavy atom. The number of hydrogen-bond acceptors (Lipinski definition) is 3. The van der Waals surface area contributed by atoms with E-state index in [0.29, 0.717) is 5.41 Å². The number of rotatable bonds is 5. The lowest BCUT2D eigenvalue weighted by atomic mass is 9.73. The number of nitrogens with one attached hydrogen (secondary N) is 1. The van der Waals surface area contributed by atoms with Gasteiger partial charge in [0.2, 0.25) is 0 Å². The van der Waals surface area contributed by atoms with Crippen molar-refractivity contribution in [2.75, 3.05) is 39.4 Å². The van der Waals surface area contributed by atoms with Crippen LogP contribution in [-0.2, 0) is 4.74 Å². The van der Waals surface area contributed by atoms with E-state index in [4.69, 9.17) is 4.74 Å². The van der Waals surface area contributed by atoms with Crippen LogP contribution >= 0.6 is 0 Å². The third-order valence-corrected chi connectivity index (χ3v) is 4.65. The molecule has 0 radical (unpaired) electrons. The minimum atomic E-state index is 0.497. The molecule has 0 aromatic heterocycles. The summed E-state index contributed by atoms with van der Waals surface area (Å²) in [6.45, 7) is 11.3. The van der Waals surface area contributed by atoms with Crippen molar-refractivity contribution in [1.82, 2.24) is 10.2 Å². The first-order valence-corrected chi connectivity index (χ1v) is 7.72. The van der Waals surface area contributed by atoms with Crippen molar-refractivity contribution in [2.45, 2.75) is 52.0 Å². The zero-order chi connectivity index (χ0) is 12.8. The van der Waals surface area contributed by atoms with E-state index in [9.17, 15) is 0 Å². The van der Waals surface area contributed by atoms with E-state index < -0.39 is 0 Å². The summed E-state index contributed by atoms with van der Waals surface area (Å²) in [4.78, 5) is 2.52. The molecule has 2 fully saturated rings. The van der Waals surface area contributed by atoms with Crippen LogP contribution in [0.2, 0.25) is 0 Å². The van der Waals surface area contributed by atoms with Gasteiger partial charge in [-0.2, -0.15) is 0 Å². The molecule has 2 rings (SSSR count). The summed E-state index contributed by atoms with van der Waals surface area (Å²) >= 11 is 0. The van der Waals surface area contributed by atoms with Crippen molar-refractivity contribution >= 4 is 0 Å². The average molecular weight is 254 g/mol. The second kappa shape index (κ2) is 6.88. The van der Waals surface area contributed by atoms with Gasteiger partial charge in [0.1, 0.15) is 0 Å². The highest BCUT2D eigenvalue weighted by atomic mass is 16.5. The van der Waals surface area contributed by atoms with Crippen LogP contribution in [0.25, 0.3) is 0 Å². The molecule has 1 heterocycles. The second-order valence-electron chi connectivity index (χ2n) is 6.55. The first kappa shape index (κ1) is 14.3. The van der Waals surface area contributed by atoms with Crippen LogP contribution in [0.15, 0.2) is 0 Å². The third-order valence-electron chi connectivity index (χ3n) is 4.65. The van der Waals surface area contributed by atoms with Crippen LogP contribution in [0, 0.1) is 5.41 Å². The maximum Gasteiger partial charge on any atom is 0.0594 e. The zero-order valence-corrected chi connectivity index (χ0v) is 12.2. The topological polar surface area (TPSA) is 24.5 Å². The molecule has 2 aliphatic rings. The Morgan fingerprint density at radius 2 is 2.00 bits per heavy atom. The molecular formula is C15H30N2O. The minimum absolute atomic E-state index is 0.497. The summed E-state index contributed by atoms with van der Waals surface area (Å²) in [6, 6.07) is 0.732. The van der Waals surface area contributed by atoms with E-state index in [2.05, 4.69) is 24.1 Å². The SMILES string of the molecule is CC1(C)CCCCC1NCCCN1CCOCC1. The fraction of sp³-hybridized carbons (Fsp3) is 1.00. The van der Waals surface area contributed by atoms with E-state index in [-0.39, 0.29) is 0 Å². The van der Waals surface area contributed by atoms with Gasteiger partial charge >= 0.3 is 0 Å². The second-order valence-corrected chi connectivity index (χ2v) is 6.55. The molecule has 1 aliphatic carbocycles. The van der Waals surface area contributed by atoms with Gasteiger partial charge in [0.15, 0.2) is 0 Å². The Morgan fingerprint density at radius 3 is 2.72 bits per heavy atom. The first-order chi connectivity index (χ1) is 8.68. The van der Waals surface area contributed by atoms with Crippen LogP contribution in [0.3, 0.4) is 0 Å². The van der Waals surface area contributed by atoms with Crippen molar-refractivity contribution in [1.29, 1.82) is 0 Å². The molecule has 0 aromatic rings. The van der Waals surface area contributed by atoms with Gasteiger partial charge in [-0.15, -0.1) is 0 Å². The predicted octanol–water partition coefficient (Wildman–Crippen LogP) is 2.27. The molecule has 0 spiro atoms. The van der Waals surface area contributed by atoms with Crippen LogP contribution in [0.5, 0.6) is 0 Å². The normalized spacial score (nSPS) is 29.3. The maximum absolute atomic E-state index is 5.37. The Bertz CT molecular complexity index is 237. The summed E-state index contributed by atoms with van der Waals surface area (Å²) in [7, 11) is 0. The summed E-state index contributed by atoms with van der Waals surface area (Å²) in [5.74, 6) is 0. The first-order valence-electron chi connectivity index (χ1n) is 7.72. The number of nitrogens with zero attached hydrogens (tertiary/aromatic N) is 1. The molecule has 1 unspecified atom stereocenters. The lowest BCUT2D eigenvalue weighted by Gasteiger charge is -2.39. The molecule has 1 saturated carbocycles. The molecule has 1 N–H and O–H groups in total. The zero-order valence-electron chi connectivity index (χ0n) is 12.2. The van der Waals surface area contributed by atoms with Crippen molar-refractivity contribution in [3.63, 3.8) is 0 Å². The molecule has 0 aromatic carbocycles. The third kappa shape index (κ3) is 4.22. The largest absolute Gasteiger partial charge is 0.379 e. The molecule has 3 nitrogen and oxygen atoms in total. The lowest BCUT2D eigenvalue weighted by molar-refractivity contribution is 0.0371. The number of hydrogen-bond donors (Lipinski definition) is 1. The van der Waals surface area contributed by atoms with E-state index in [0.717, 1.165) is 32.3 Å². The molecular weight excluding hydrogens is 224 g/mol. The van der Waals surface area contributed by atoms with Crippen molar-refractivity contribution in [3.05, 3.63) is 0 Å².